The minimum atomic E-state index is -0.264. The van der Waals surface area contributed by atoms with E-state index in [1.54, 1.807) is 0 Å². The van der Waals surface area contributed by atoms with Gasteiger partial charge in [-0.25, -0.2) is 0 Å². The molecule has 1 N–H and O–H groups in total. The van der Waals surface area contributed by atoms with Crippen LogP contribution in [0.5, 0.6) is 0 Å². The molecule has 1 aromatic rings. The molecule has 78 valence electrons. The van der Waals surface area contributed by atoms with Gasteiger partial charge in [0.05, 0.1) is 6.67 Å². The molecule has 0 bridgehead atoms. The Morgan fingerprint density at radius 1 is 1.36 bits per heavy atom. The summed E-state index contributed by atoms with van der Waals surface area (Å²) in [5.74, 6) is 0. The first kappa shape index (κ1) is 11.5. The summed E-state index contributed by atoms with van der Waals surface area (Å²) in [7, 11) is 0. The number of hydrogen-bond acceptors (Lipinski definition) is 1. The van der Waals surface area contributed by atoms with Crippen molar-refractivity contribution < 1.29 is 4.39 Å². The zero-order valence-corrected chi connectivity index (χ0v) is 9.02. The minimum Gasteiger partial charge on any atom is -0.310 e. The van der Waals surface area contributed by atoms with Crippen molar-refractivity contribution in [3.63, 3.8) is 0 Å². The zero-order chi connectivity index (χ0) is 10.4. The van der Waals surface area contributed by atoms with Crippen LogP contribution < -0.4 is 5.32 Å². The highest BCUT2D eigenvalue weighted by Crippen LogP contribution is 2.15. The van der Waals surface area contributed by atoms with Crippen molar-refractivity contribution in [2.45, 2.75) is 19.4 Å². The molecule has 1 rings (SSSR count). The van der Waals surface area contributed by atoms with E-state index in [0.717, 1.165) is 5.02 Å². The normalized spacial score (nSPS) is 12.8. The molecular weight excluding hydrogens is 201 g/mol. The van der Waals surface area contributed by atoms with Gasteiger partial charge in [-0.3, -0.25) is 4.39 Å². The highest BCUT2D eigenvalue weighted by atomic mass is 35.5. The summed E-state index contributed by atoms with van der Waals surface area (Å²) in [4.78, 5) is 0. The van der Waals surface area contributed by atoms with Crippen LogP contribution in [0.1, 0.15) is 24.9 Å². The van der Waals surface area contributed by atoms with Crippen molar-refractivity contribution in [1.29, 1.82) is 0 Å². The first-order valence-electron chi connectivity index (χ1n) is 4.79. The van der Waals surface area contributed by atoms with E-state index < -0.39 is 0 Å². The molecule has 0 aliphatic carbocycles. The van der Waals surface area contributed by atoms with E-state index in [4.69, 9.17) is 11.6 Å². The monoisotopic (exact) mass is 215 g/mol. The molecule has 0 heterocycles. The van der Waals surface area contributed by atoms with Gasteiger partial charge in [0.15, 0.2) is 0 Å². The third-order valence-corrected chi connectivity index (χ3v) is 2.38. The van der Waals surface area contributed by atoms with Crippen molar-refractivity contribution in [2.75, 3.05) is 13.2 Å². The summed E-state index contributed by atoms with van der Waals surface area (Å²) in [5.41, 5.74) is 1.17. The Morgan fingerprint density at radius 2 is 2.00 bits per heavy atom. The van der Waals surface area contributed by atoms with Crippen molar-refractivity contribution >= 4 is 11.6 Å². The summed E-state index contributed by atoms with van der Waals surface area (Å²) < 4.78 is 11.8. The quantitative estimate of drug-likeness (QED) is 0.743. The largest absolute Gasteiger partial charge is 0.310 e. The van der Waals surface area contributed by atoms with Gasteiger partial charge in [-0.15, -0.1) is 0 Å². The number of alkyl halides is 1. The molecule has 1 atom stereocenters. The van der Waals surface area contributed by atoms with Crippen LogP contribution in [0.25, 0.3) is 0 Å². The van der Waals surface area contributed by atoms with E-state index in [2.05, 4.69) is 12.2 Å². The molecule has 0 fully saturated rings. The number of rotatable bonds is 5. The van der Waals surface area contributed by atoms with Crippen molar-refractivity contribution in [3.05, 3.63) is 34.9 Å². The lowest BCUT2D eigenvalue weighted by Gasteiger charge is -2.13. The van der Waals surface area contributed by atoms with E-state index in [1.165, 1.54) is 5.56 Å². The van der Waals surface area contributed by atoms with Gasteiger partial charge in [0.2, 0.25) is 0 Å². The first-order valence-corrected chi connectivity index (χ1v) is 5.16. The molecule has 0 aliphatic heterocycles. The maximum atomic E-state index is 11.8. The van der Waals surface area contributed by atoms with Crippen molar-refractivity contribution in [3.8, 4) is 0 Å². The lowest BCUT2D eigenvalue weighted by atomic mass is 10.1. The molecule has 3 heteroatoms. The van der Waals surface area contributed by atoms with Gasteiger partial charge in [-0.2, -0.15) is 0 Å². The Hall–Kier alpha value is -0.600. The van der Waals surface area contributed by atoms with Crippen molar-refractivity contribution in [1.82, 2.24) is 5.32 Å². The van der Waals surface area contributed by atoms with Gasteiger partial charge in [-0.05, 0) is 37.6 Å². The molecule has 0 spiro atoms. The Labute approximate surface area is 89.3 Å². The van der Waals surface area contributed by atoms with Crippen LogP contribution in [0.4, 0.5) is 4.39 Å². The summed E-state index contributed by atoms with van der Waals surface area (Å²) in [6.07, 6.45) is 0.567. The second kappa shape index (κ2) is 5.99. The minimum absolute atomic E-state index is 0.249. The predicted molar refractivity (Wildman–Crippen MR) is 58.5 cm³/mol. The number of nitrogens with one attached hydrogen (secondary N) is 1. The van der Waals surface area contributed by atoms with Crippen LogP contribution in [0.15, 0.2) is 24.3 Å². The van der Waals surface area contributed by atoms with Gasteiger partial charge in [0.1, 0.15) is 0 Å². The van der Waals surface area contributed by atoms with Crippen LogP contribution in [0.2, 0.25) is 5.02 Å². The van der Waals surface area contributed by atoms with Crippen LogP contribution in [-0.2, 0) is 0 Å². The fraction of sp³-hybridized carbons (Fsp3) is 0.455. The highest BCUT2D eigenvalue weighted by molar-refractivity contribution is 6.30. The van der Waals surface area contributed by atoms with E-state index in [1.807, 2.05) is 24.3 Å². The highest BCUT2D eigenvalue weighted by Gasteiger charge is 2.03. The summed E-state index contributed by atoms with van der Waals surface area (Å²) in [6.45, 7) is 2.50. The Morgan fingerprint density at radius 3 is 2.57 bits per heavy atom. The lowest BCUT2D eigenvalue weighted by molar-refractivity contribution is 0.446. The van der Waals surface area contributed by atoms with E-state index >= 15 is 0 Å². The molecule has 0 amide bonds. The number of hydrogen-bond donors (Lipinski definition) is 1. The van der Waals surface area contributed by atoms with Gasteiger partial charge in [0.25, 0.3) is 0 Å². The average molecular weight is 216 g/mol. The fourth-order valence-corrected chi connectivity index (χ4v) is 1.38. The van der Waals surface area contributed by atoms with Gasteiger partial charge < -0.3 is 5.32 Å². The predicted octanol–water partition coefficient (Wildman–Crippen LogP) is 3.35. The smallest absolute Gasteiger partial charge is 0.0906 e. The average Bonchev–Trinajstić information content (AvgIpc) is 2.19. The third-order valence-electron chi connectivity index (χ3n) is 2.13. The molecule has 14 heavy (non-hydrogen) atoms. The second-order valence-corrected chi connectivity index (χ2v) is 3.71. The van der Waals surface area contributed by atoms with Gasteiger partial charge >= 0.3 is 0 Å². The SMILES string of the molecule is CC(NCCCF)c1ccc(Cl)cc1. The Balaban J connectivity index is 2.43. The Kier molecular flexibility index (Phi) is 4.91. The summed E-state index contributed by atoms with van der Waals surface area (Å²) in [6, 6.07) is 7.94. The summed E-state index contributed by atoms with van der Waals surface area (Å²) >= 11 is 5.77. The van der Waals surface area contributed by atoms with E-state index in [-0.39, 0.29) is 12.7 Å². The van der Waals surface area contributed by atoms with Crippen molar-refractivity contribution in [2.24, 2.45) is 0 Å². The molecule has 0 saturated carbocycles. The van der Waals surface area contributed by atoms with E-state index in [9.17, 15) is 4.39 Å². The maximum absolute atomic E-state index is 11.8. The molecule has 0 aromatic heterocycles. The topological polar surface area (TPSA) is 12.0 Å². The Bertz CT molecular complexity index is 260. The summed E-state index contributed by atoms with van der Waals surface area (Å²) in [5, 5.41) is 3.98. The number of benzene rings is 1. The second-order valence-electron chi connectivity index (χ2n) is 3.27. The molecule has 1 nitrogen and oxygen atoms in total. The molecule has 0 aliphatic rings. The third kappa shape index (κ3) is 3.64. The van der Waals surface area contributed by atoms with Crippen LogP contribution in [0.3, 0.4) is 0 Å². The maximum Gasteiger partial charge on any atom is 0.0906 e. The molecule has 0 saturated heterocycles. The fourth-order valence-electron chi connectivity index (χ4n) is 1.25. The number of halogens is 2. The van der Waals surface area contributed by atoms with Crippen LogP contribution in [-0.4, -0.2) is 13.2 Å². The van der Waals surface area contributed by atoms with Crippen LogP contribution >= 0.6 is 11.6 Å². The van der Waals surface area contributed by atoms with Crippen LogP contribution in [0, 0.1) is 0 Å². The molecule has 1 aromatic carbocycles. The zero-order valence-electron chi connectivity index (χ0n) is 8.26. The van der Waals surface area contributed by atoms with E-state index in [0.29, 0.717) is 13.0 Å². The van der Waals surface area contributed by atoms with Gasteiger partial charge in [-0.1, -0.05) is 23.7 Å². The molecule has 1 unspecified atom stereocenters. The standard InChI is InChI=1S/C11H15ClFN/c1-9(14-8-2-7-13)10-3-5-11(12)6-4-10/h3-6,9,14H,2,7-8H2,1H3. The molecular formula is C11H15ClFN. The molecule has 0 radical (unpaired) electrons. The lowest BCUT2D eigenvalue weighted by Crippen LogP contribution is -2.20. The first-order chi connectivity index (χ1) is 6.74. The van der Waals surface area contributed by atoms with Gasteiger partial charge in [0, 0.05) is 11.1 Å².